The Hall–Kier alpha value is -2.17. The van der Waals surface area contributed by atoms with E-state index in [0.29, 0.717) is 18.2 Å². The summed E-state index contributed by atoms with van der Waals surface area (Å²) in [4.78, 5) is 16.2. The van der Waals surface area contributed by atoms with Crippen LogP contribution >= 0.6 is 0 Å². The lowest BCUT2D eigenvalue weighted by Crippen LogP contribution is -2.14. The molecule has 1 aliphatic carbocycles. The lowest BCUT2D eigenvalue weighted by Gasteiger charge is -2.04. The Kier molecular flexibility index (Phi) is 3.99. The molecule has 2 aromatic heterocycles. The van der Waals surface area contributed by atoms with E-state index in [4.69, 9.17) is 0 Å². The molecule has 0 aromatic carbocycles. The van der Waals surface area contributed by atoms with Crippen LogP contribution in [0.15, 0.2) is 24.4 Å². The molecule has 109 valence electrons. The average molecular weight is 283 g/mol. The van der Waals surface area contributed by atoms with Crippen molar-refractivity contribution in [3.8, 4) is 0 Å². The van der Waals surface area contributed by atoms with Crippen LogP contribution in [0, 0.1) is 13.3 Å². The number of anilines is 1. The Morgan fingerprint density at radius 2 is 2.38 bits per heavy atom. The Morgan fingerprint density at radius 3 is 3.14 bits per heavy atom. The molecule has 0 bridgehead atoms. The molecule has 21 heavy (non-hydrogen) atoms. The van der Waals surface area contributed by atoms with Crippen molar-refractivity contribution in [1.29, 1.82) is 0 Å². The smallest absolute Gasteiger partial charge is 0.229 e. The molecule has 3 rings (SSSR count). The number of carbonyl (C=O) groups excluding carboxylic acids is 1. The van der Waals surface area contributed by atoms with Gasteiger partial charge in [-0.15, -0.1) is 0 Å². The van der Waals surface area contributed by atoms with Gasteiger partial charge in [0, 0.05) is 29.6 Å². The molecule has 0 unspecified atom stereocenters. The number of aryl methyl sites for hydroxylation is 1. The first-order valence-corrected chi connectivity index (χ1v) is 7.29. The predicted molar refractivity (Wildman–Crippen MR) is 80.8 cm³/mol. The van der Waals surface area contributed by atoms with Gasteiger partial charge >= 0.3 is 0 Å². The number of aromatic nitrogens is 3. The van der Waals surface area contributed by atoms with Gasteiger partial charge in [-0.25, -0.2) is 0 Å². The second kappa shape index (κ2) is 6.08. The maximum absolute atomic E-state index is 12.0. The van der Waals surface area contributed by atoms with Gasteiger partial charge in [0.05, 0.1) is 6.42 Å². The predicted octanol–water partition coefficient (Wildman–Crippen LogP) is 2.77. The second-order valence-electron chi connectivity index (χ2n) is 5.54. The molecule has 1 atom stereocenters. The van der Waals surface area contributed by atoms with Crippen LogP contribution in [-0.4, -0.2) is 21.1 Å². The Bertz CT molecular complexity index is 629. The topological polar surface area (TPSA) is 70.7 Å². The summed E-state index contributed by atoms with van der Waals surface area (Å²) < 4.78 is 0. The number of pyridine rings is 1. The van der Waals surface area contributed by atoms with E-state index in [-0.39, 0.29) is 5.91 Å². The molecule has 2 heterocycles. The zero-order valence-corrected chi connectivity index (χ0v) is 12.1. The number of carbonyl (C=O) groups is 1. The summed E-state index contributed by atoms with van der Waals surface area (Å²) in [5.41, 5.74) is 2.99. The highest BCUT2D eigenvalue weighted by Crippen LogP contribution is 2.32. The molecular formula is C16H19N4O. The second-order valence-corrected chi connectivity index (χ2v) is 5.54. The van der Waals surface area contributed by atoms with E-state index in [1.54, 1.807) is 6.20 Å². The van der Waals surface area contributed by atoms with Crippen LogP contribution in [0.5, 0.6) is 0 Å². The van der Waals surface area contributed by atoms with Crippen molar-refractivity contribution in [2.45, 2.75) is 38.5 Å². The summed E-state index contributed by atoms with van der Waals surface area (Å²) in [6.07, 6.45) is 7.77. The molecule has 1 amide bonds. The lowest BCUT2D eigenvalue weighted by atomic mass is 10.0. The summed E-state index contributed by atoms with van der Waals surface area (Å²) in [7, 11) is 0. The number of amides is 1. The quantitative estimate of drug-likeness (QED) is 0.906. The molecule has 5 nitrogen and oxygen atoms in total. The minimum absolute atomic E-state index is 0.0587. The fraction of sp³-hybridized carbons (Fsp3) is 0.375. The van der Waals surface area contributed by atoms with Crippen molar-refractivity contribution in [2.24, 2.45) is 0 Å². The molecule has 2 N–H and O–H groups in total. The van der Waals surface area contributed by atoms with Crippen LogP contribution in [-0.2, 0) is 11.2 Å². The molecule has 5 heteroatoms. The first-order chi connectivity index (χ1) is 10.2. The van der Waals surface area contributed by atoms with Crippen LogP contribution in [0.3, 0.4) is 0 Å². The molecule has 1 radical (unpaired) electrons. The summed E-state index contributed by atoms with van der Waals surface area (Å²) in [6, 6.07) is 5.72. The first-order valence-electron chi connectivity index (χ1n) is 7.29. The van der Waals surface area contributed by atoms with Crippen molar-refractivity contribution in [3.05, 3.63) is 47.8 Å². The number of hydrogen-bond donors (Lipinski definition) is 2. The molecule has 2 aromatic rings. The van der Waals surface area contributed by atoms with E-state index < -0.39 is 0 Å². The largest absolute Gasteiger partial charge is 0.309 e. The van der Waals surface area contributed by atoms with Gasteiger partial charge in [-0.2, -0.15) is 5.10 Å². The molecular weight excluding hydrogens is 264 g/mol. The van der Waals surface area contributed by atoms with Crippen molar-refractivity contribution in [1.82, 2.24) is 15.2 Å². The standard InChI is InChI=1S/C16H19N4O/c1-11-8-12(6-7-17-11)9-16(21)18-15-10-14(19-20-15)13-4-2-3-5-13/h2,6-8,10,13H,3-5,9H2,1H3,(H2,18,19,20,21)/t13-/m1/s1. The van der Waals surface area contributed by atoms with E-state index in [1.165, 1.54) is 0 Å². The van der Waals surface area contributed by atoms with E-state index in [1.807, 2.05) is 25.1 Å². The number of nitrogens with one attached hydrogen (secondary N) is 2. The number of H-pyrrole nitrogens is 1. The third-order valence-electron chi connectivity index (χ3n) is 3.80. The van der Waals surface area contributed by atoms with Gasteiger partial charge in [0.25, 0.3) is 0 Å². The number of nitrogens with zero attached hydrogens (tertiary/aromatic N) is 2. The van der Waals surface area contributed by atoms with E-state index >= 15 is 0 Å². The molecule has 0 aliphatic heterocycles. The van der Waals surface area contributed by atoms with Gasteiger partial charge in [0.2, 0.25) is 5.91 Å². The molecule has 0 saturated heterocycles. The maximum Gasteiger partial charge on any atom is 0.229 e. The van der Waals surface area contributed by atoms with E-state index in [9.17, 15) is 4.79 Å². The van der Waals surface area contributed by atoms with Crippen molar-refractivity contribution in [3.63, 3.8) is 0 Å². The van der Waals surface area contributed by atoms with Gasteiger partial charge in [-0.1, -0.05) is 0 Å². The van der Waals surface area contributed by atoms with Crippen LogP contribution in [0.25, 0.3) is 0 Å². The first kappa shape index (κ1) is 13.8. The highest BCUT2D eigenvalue weighted by Gasteiger charge is 2.19. The Labute approximate surface area is 124 Å². The minimum Gasteiger partial charge on any atom is -0.309 e. The third kappa shape index (κ3) is 3.48. The van der Waals surface area contributed by atoms with Crippen LogP contribution in [0.1, 0.15) is 42.1 Å². The highest BCUT2D eigenvalue weighted by molar-refractivity contribution is 5.91. The van der Waals surface area contributed by atoms with Crippen LogP contribution < -0.4 is 5.32 Å². The summed E-state index contributed by atoms with van der Waals surface area (Å²) in [5, 5.41) is 10.0. The maximum atomic E-state index is 12.0. The van der Waals surface area contributed by atoms with Gasteiger partial charge in [0.15, 0.2) is 5.82 Å². The number of aromatic amines is 1. The van der Waals surface area contributed by atoms with Crippen molar-refractivity contribution in [2.75, 3.05) is 5.32 Å². The van der Waals surface area contributed by atoms with Gasteiger partial charge in [-0.3, -0.25) is 14.9 Å². The minimum atomic E-state index is -0.0587. The fourth-order valence-electron chi connectivity index (χ4n) is 2.73. The highest BCUT2D eigenvalue weighted by atomic mass is 16.1. The van der Waals surface area contributed by atoms with Crippen molar-refractivity contribution >= 4 is 11.7 Å². The van der Waals surface area contributed by atoms with Gasteiger partial charge < -0.3 is 5.32 Å². The molecule has 1 fully saturated rings. The summed E-state index contributed by atoms with van der Waals surface area (Å²) in [5.74, 6) is 1.07. The zero-order valence-electron chi connectivity index (χ0n) is 12.1. The normalized spacial score (nSPS) is 15.3. The summed E-state index contributed by atoms with van der Waals surface area (Å²) in [6.45, 7) is 1.92. The zero-order chi connectivity index (χ0) is 14.7. The van der Waals surface area contributed by atoms with Crippen LogP contribution in [0.4, 0.5) is 5.82 Å². The SMILES string of the molecule is Cc1cc(CC(=O)Nc2cc([C@@H]3C[CH]CC3)[nH]n2)ccn1. The van der Waals surface area contributed by atoms with E-state index in [2.05, 4.69) is 26.9 Å². The molecule has 0 spiro atoms. The number of rotatable bonds is 4. The molecule has 1 saturated carbocycles. The Balaban J connectivity index is 1.59. The van der Waals surface area contributed by atoms with Crippen LogP contribution in [0.2, 0.25) is 0 Å². The fourth-order valence-corrected chi connectivity index (χ4v) is 2.73. The number of hydrogen-bond acceptors (Lipinski definition) is 3. The average Bonchev–Trinajstić information content (AvgIpc) is 3.08. The van der Waals surface area contributed by atoms with Gasteiger partial charge in [0.1, 0.15) is 0 Å². The molecule has 1 aliphatic rings. The van der Waals surface area contributed by atoms with E-state index in [0.717, 1.165) is 36.2 Å². The Morgan fingerprint density at radius 1 is 1.48 bits per heavy atom. The summed E-state index contributed by atoms with van der Waals surface area (Å²) >= 11 is 0. The van der Waals surface area contributed by atoms with Crippen molar-refractivity contribution < 1.29 is 4.79 Å². The lowest BCUT2D eigenvalue weighted by molar-refractivity contribution is -0.115. The third-order valence-corrected chi connectivity index (χ3v) is 3.80. The van der Waals surface area contributed by atoms with Gasteiger partial charge in [-0.05, 0) is 50.3 Å². The monoisotopic (exact) mass is 283 g/mol.